The lowest BCUT2D eigenvalue weighted by Crippen LogP contribution is -2.51. The number of hydrogen-bond acceptors (Lipinski definition) is 4. The van der Waals surface area contributed by atoms with Crippen molar-refractivity contribution in [2.24, 2.45) is 34.5 Å². The largest absolute Gasteiger partial charge is 0.492 e. The van der Waals surface area contributed by atoms with Crippen molar-refractivity contribution < 1.29 is 14.3 Å². The monoisotopic (exact) mass is 423 g/mol. The summed E-state index contributed by atoms with van der Waals surface area (Å²) in [7, 11) is 0. The molecule has 0 unspecified atom stereocenters. The third kappa shape index (κ3) is 3.41. The number of ether oxygens (including phenoxy) is 2. The molecule has 6 atom stereocenters. The van der Waals surface area contributed by atoms with Crippen LogP contribution in [0.15, 0.2) is 24.5 Å². The van der Waals surface area contributed by atoms with Crippen LogP contribution in [0.5, 0.6) is 5.75 Å². The summed E-state index contributed by atoms with van der Waals surface area (Å²) in [6.07, 6.45) is 15.1. The van der Waals surface area contributed by atoms with Crippen molar-refractivity contribution in [3.63, 3.8) is 0 Å². The van der Waals surface area contributed by atoms with Crippen LogP contribution in [0.4, 0.5) is 0 Å². The Bertz CT molecular complexity index is 879. The number of carbonyl (C=O) groups is 1. The van der Waals surface area contributed by atoms with Gasteiger partial charge in [-0.15, -0.1) is 0 Å². The van der Waals surface area contributed by atoms with Crippen molar-refractivity contribution in [2.45, 2.75) is 72.1 Å². The van der Waals surface area contributed by atoms with Crippen LogP contribution in [-0.2, 0) is 9.53 Å². The van der Waals surface area contributed by atoms with Gasteiger partial charge in [0.1, 0.15) is 5.75 Å². The lowest BCUT2D eigenvalue weighted by atomic mass is 9.46. The topological polar surface area (TPSA) is 48.4 Å². The highest BCUT2D eigenvalue weighted by molar-refractivity contribution is 5.73. The molecule has 1 aliphatic heterocycles. The zero-order valence-electron chi connectivity index (χ0n) is 19.4. The van der Waals surface area contributed by atoms with E-state index >= 15 is 0 Å². The van der Waals surface area contributed by atoms with Gasteiger partial charge in [-0.3, -0.25) is 9.78 Å². The number of rotatable bonds is 4. The molecule has 4 aliphatic rings. The van der Waals surface area contributed by atoms with E-state index < -0.39 is 0 Å². The first-order chi connectivity index (χ1) is 15.0. The normalized spacial score (nSPS) is 39.5. The molecule has 0 spiro atoms. The van der Waals surface area contributed by atoms with E-state index in [1.165, 1.54) is 43.2 Å². The third-order valence-electron chi connectivity index (χ3n) is 9.46. The number of aromatic nitrogens is 1. The Kier molecular flexibility index (Phi) is 5.38. The first kappa shape index (κ1) is 21.0. The van der Waals surface area contributed by atoms with Gasteiger partial charge in [-0.05, 0) is 96.7 Å². The van der Waals surface area contributed by atoms with Crippen LogP contribution in [0.1, 0.15) is 77.7 Å². The van der Waals surface area contributed by atoms with Crippen LogP contribution < -0.4 is 4.74 Å². The Labute approximate surface area is 186 Å². The van der Waals surface area contributed by atoms with Crippen molar-refractivity contribution in [3.8, 4) is 5.75 Å². The van der Waals surface area contributed by atoms with Crippen LogP contribution in [0.3, 0.4) is 0 Å². The minimum Gasteiger partial charge on any atom is -0.492 e. The minimum atomic E-state index is 0.00955. The molecule has 1 saturated heterocycles. The molecular weight excluding hydrogens is 386 g/mol. The highest BCUT2D eigenvalue weighted by Gasteiger charge is 2.58. The molecule has 0 radical (unpaired) electrons. The Morgan fingerprint density at radius 1 is 1.16 bits per heavy atom. The van der Waals surface area contributed by atoms with Gasteiger partial charge < -0.3 is 9.47 Å². The SMILES string of the molecule is CCCOc1cncc(C2=CC[C@H]3[C@@H]4CC[C@H]5COC(=O)CC[C@]5(C)[C@H]4CC[C@]23C)c1. The first-order valence-corrected chi connectivity index (χ1v) is 12.4. The number of cyclic esters (lactones) is 1. The van der Waals surface area contributed by atoms with Gasteiger partial charge in [0.25, 0.3) is 0 Å². The number of fused-ring (bicyclic) bond motifs is 5. The predicted molar refractivity (Wildman–Crippen MR) is 121 cm³/mol. The van der Waals surface area contributed by atoms with E-state index in [0.29, 0.717) is 30.8 Å². The number of allylic oxidation sites excluding steroid dienone is 2. The zero-order valence-corrected chi connectivity index (χ0v) is 19.4. The van der Waals surface area contributed by atoms with Gasteiger partial charge in [0.15, 0.2) is 0 Å². The molecule has 4 nitrogen and oxygen atoms in total. The summed E-state index contributed by atoms with van der Waals surface area (Å²) in [6.45, 7) is 8.48. The van der Waals surface area contributed by atoms with E-state index in [1.807, 2.05) is 12.4 Å². The molecule has 2 saturated carbocycles. The van der Waals surface area contributed by atoms with Crippen LogP contribution in [0.25, 0.3) is 5.57 Å². The lowest BCUT2D eigenvalue weighted by molar-refractivity contribution is -0.144. The fourth-order valence-electron chi connectivity index (χ4n) is 7.72. The van der Waals surface area contributed by atoms with Gasteiger partial charge in [0, 0.05) is 12.6 Å². The second-order valence-corrected chi connectivity index (χ2v) is 10.9. The van der Waals surface area contributed by atoms with Crippen molar-refractivity contribution in [1.82, 2.24) is 4.98 Å². The molecule has 31 heavy (non-hydrogen) atoms. The molecular formula is C27H37NO3. The van der Waals surface area contributed by atoms with E-state index in [1.54, 1.807) is 0 Å². The second-order valence-electron chi connectivity index (χ2n) is 10.9. The Balaban J connectivity index is 1.40. The first-order valence-electron chi connectivity index (χ1n) is 12.4. The molecule has 0 N–H and O–H groups in total. The standard InChI is InChI=1S/C27H37NO3/c1-4-13-30-20-14-18(15-28-16-20)22-7-8-23-21-6-5-19-17-31-25(29)10-12-26(19,2)24(21)9-11-27(22,23)3/h7,14-16,19,21,23-24H,4-6,8-13,17H2,1-3H3/t19-,21-,23-,24-,26-,27+/m0/s1. The molecule has 5 rings (SSSR count). The molecule has 0 aromatic carbocycles. The van der Waals surface area contributed by atoms with Gasteiger partial charge in [0.2, 0.25) is 0 Å². The maximum atomic E-state index is 12.0. The van der Waals surface area contributed by atoms with Gasteiger partial charge in [-0.25, -0.2) is 0 Å². The molecule has 3 aliphatic carbocycles. The Hall–Kier alpha value is -1.84. The molecule has 0 bridgehead atoms. The number of pyridine rings is 1. The lowest BCUT2D eigenvalue weighted by Gasteiger charge is -2.58. The molecule has 1 aromatic heterocycles. The van der Waals surface area contributed by atoms with Gasteiger partial charge >= 0.3 is 5.97 Å². The number of nitrogens with zero attached hydrogens (tertiary/aromatic N) is 1. The molecule has 3 fully saturated rings. The fourth-order valence-corrected chi connectivity index (χ4v) is 7.72. The third-order valence-corrected chi connectivity index (χ3v) is 9.46. The van der Waals surface area contributed by atoms with Crippen molar-refractivity contribution >= 4 is 11.5 Å². The van der Waals surface area contributed by atoms with E-state index in [9.17, 15) is 4.79 Å². The number of esters is 1. The summed E-state index contributed by atoms with van der Waals surface area (Å²) in [6, 6.07) is 2.20. The minimum absolute atomic E-state index is 0.00955. The zero-order chi connectivity index (χ0) is 21.6. The van der Waals surface area contributed by atoms with Gasteiger partial charge in [-0.1, -0.05) is 26.8 Å². The summed E-state index contributed by atoms with van der Waals surface area (Å²) in [5.41, 5.74) is 3.18. The summed E-state index contributed by atoms with van der Waals surface area (Å²) in [4.78, 5) is 16.5. The maximum absolute atomic E-state index is 12.0. The van der Waals surface area contributed by atoms with Crippen molar-refractivity contribution in [3.05, 3.63) is 30.1 Å². The fraction of sp³-hybridized carbons (Fsp3) is 0.704. The molecule has 4 heteroatoms. The summed E-state index contributed by atoms with van der Waals surface area (Å²) in [5.74, 6) is 3.58. The Morgan fingerprint density at radius 2 is 2.03 bits per heavy atom. The average molecular weight is 424 g/mol. The van der Waals surface area contributed by atoms with E-state index in [-0.39, 0.29) is 16.8 Å². The van der Waals surface area contributed by atoms with Gasteiger partial charge in [0.05, 0.1) is 19.4 Å². The summed E-state index contributed by atoms with van der Waals surface area (Å²) >= 11 is 0. The molecule has 2 heterocycles. The quantitative estimate of drug-likeness (QED) is 0.552. The van der Waals surface area contributed by atoms with Crippen molar-refractivity contribution in [1.29, 1.82) is 0 Å². The van der Waals surface area contributed by atoms with E-state index in [4.69, 9.17) is 9.47 Å². The molecule has 1 aromatic rings. The number of carbonyl (C=O) groups excluding carboxylic acids is 1. The smallest absolute Gasteiger partial charge is 0.305 e. The van der Waals surface area contributed by atoms with Gasteiger partial charge in [-0.2, -0.15) is 0 Å². The highest BCUT2D eigenvalue weighted by atomic mass is 16.5. The maximum Gasteiger partial charge on any atom is 0.305 e. The summed E-state index contributed by atoms with van der Waals surface area (Å²) < 4.78 is 11.4. The van der Waals surface area contributed by atoms with Crippen LogP contribution in [-0.4, -0.2) is 24.2 Å². The Morgan fingerprint density at radius 3 is 2.87 bits per heavy atom. The molecule has 0 amide bonds. The second kappa shape index (κ2) is 7.94. The average Bonchev–Trinajstić information content (AvgIpc) is 3.05. The van der Waals surface area contributed by atoms with Crippen LogP contribution >= 0.6 is 0 Å². The predicted octanol–water partition coefficient (Wildman–Crippen LogP) is 6.06. The highest BCUT2D eigenvalue weighted by Crippen LogP contribution is 2.66. The van der Waals surface area contributed by atoms with Crippen molar-refractivity contribution in [2.75, 3.05) is 13.2 Å². The van der Waals surface area contributed by atoms with E-state index in [0.717, 1.165) is 31.1 Å². The van der Waals surface area contributed by atoms with Crippen LogP contribution in [0.2, 0.25) is 0 Å². The van der Waals surface area contributed by atoms with E-state index in [2.05, 4.69) is 37.9 Å². The van der Waals surface area contributed by atoms with Crippen LogP contribution in [0, 0.1) is 34.5 Å². The number of hydrogen-bond donors (Lipinski definition) is 0. The summed E-state index contributed by atoms with van der Waals surface area (Å²) in [5, 5.41) is 0. The molecule has 168 valence electrons.